The van der Waals surface area contributed by atoms with E-state index in [-0.39, 0.29) is 34.8 Å². The number of carbonyl (C=O) groups excluding carboxylic acids is 3. The zero-order valence-electron chi connectivity index (χ0n) is 14.4. The number of amides is 2. The summed E-state index contributed by atoms with van der Waals surface area (Å²) in [5.74, 6) is -2.80. The van der Waals surface area contributed by atoms with Crippen LogP contribution in [-0.4, -0.2) is 41.7 Å². The van der Waals surface area contributed by atoms with Crippen molar-refractivity contribution in [1.29, 1.82) is 0 Å². The third-order valence-corrected chi connectivity index (χ3v) is 4.10. The van der Waals surface area contributed by atoms with Crippen LogP contribution in [0.3, 0.4) is 0 Å². The molecule has 0 fully saturated rings. The number of aromatic nitrogens is 1. The van der Waals surface area contributed by atoms with E-state index < -0.39 is 29.1 Å². The highest BCUT2D eigenvalue weighted by atomic mass is 16.5. The van der Waals surface area contributed by atoms with Gasteiger partial charge < -0.3 is 20.3 Å². The maximum Gasteiger partial charge on any atom is 0.309 e. The molecular formula is C17H15N3O7. The Labute approximate surface area is 152 Å². The lowest BCUT2D eigenvalue weighted by Gasteiger charge is -2.16. The highest BCUT2D eigenvalue weighted by molar-refractivity contribution is 6.23. The molecule has 10 heteroatoms. The number of anilines is 1. The van der Waals surface area contributed by atoms with E-state index in [9.17, 15) is 24.3 Å². The molecule has 1 aliphatic heterocycles. The standard InChI is InChI=1S/C17H15N3O7/c1-26-10-4-7(5-12(22)27-2)3-9(14(10)23)20-11(21)6-8-13(15(20)18)17(25)19-16(8)24/h3-4,6,23H,5,18H2,1-2H3,(H,19,24,25). The van der Waals surface area contributed by atoms with Gasteiger partial charge in [-0.3, -0.25) is 29.1 Å². The van der Waals surface area contributed by atoms with Crippen LogP contribution >= 0.6 is 0 Å². The van der Waals surface area contributed by atoms with Crippen LogP contribution in [0.25, 0.3) is 5.69 Å². The molecule has 2 aromatic rings. The molecular weight excluding hydrogens is 358 g/mol. The summed E-state index contributed by atoms with van der Waals surface area (Å²) in [6.07, 6.45) is -0.154. The Kier molecular flexibility index (Phi) is 4.32. The van der Waals surface area contributed by atoms with Crippen LogP contribution in [0.2, 0.25) is 0 Å². The van der Waals surface area contributed by atoms with Crippen LogP contribution in [0.4, 0.5) is 5.82 Å². The number of pyridine rings is 1. The summed E-state index contributed by atoms with van der Waals surface area (Å²) in [5.41, 5.74) is 5.17. The summed E-state index contributed by atoms with van der Waals surface area (Å²) in [5, 5.41) is 12.5. The van der Waals surface area contributed by atoms with Gasteiger partial charge in [0, 0.05) is 6.07 Å². The Morgan fingerprint density at radius 2 is 1.89 bits per heavy atom. The Hall–Kier alpha value is -3.82. The molecule has 0 radical (unpaired) electrons. The number of nitrogen functional groups attached to an aromatic ring is 1. The Morgan fingerprint density at radius 3 is 2.52 bits per heavy atom. The van der Waals surface area contributed by atoms with Gasteiger partial charge in [0.15, 0.2) is 11.5 Å². The number of nitrogens with two attached hydrogens (primary N) is 1. The number of methoxy groups -OCH3 is 2. The largest absolute Gasteiger partial charge is 0.503 e. The third kappa shape index (κ3) is 2.86. The van der Waals surface area contributed by atoms with Gasteiger partial charge in [0.1, 0.15) is 5.82 Å². The van der Waals surface area contributed by atoms with E-state index in [1.807, 2.05) is 0 Å². The number of benzene rings is 1. The maximum atomic E-state index is 12.5. The minimum Gasteiger partial charge on any atom is -0.503 e. The molecule has 0 saturated carbocycles. The normalized spacial score (nSPS) is 12.5. The van der Waals surface area contributed by atoms with Crippen molar-refractivity contribution in [2.75, 3.05) is 20.0 Å². The molecule has 0 atom stereocenters. The van der Waals surface area contributed by atoms with Crippen molar-refractivity contribution in [3.05, 3.63) is 45.2 Å². The zero-order valence-corrected chi connectivity index (χ0v) is 14.4. The summed E-state index contributed by atoms with van der Waals surface area (Å²) in [6.45, 7) is 0. The lowest BCUT2D eigenvalue weighted by molar-refractivity contribution is -0.139. The first-order valence-electron chi connectivity index (χ1n) is 7.66. The molecule has 2 amide bonds. The van der Waals surface area contributed by atoms with Crippen LogP contribution in [0.5, 0.6) is 11.5 Å². The van der Waals surface area contributed by atoms with Gasteiger partial charge in [0.25, 0.3) is 17.4 Å². The van der Waals surface area contributed by atoms with Gasteiger partial charge in [-0.05, 0) is 17.7 Å². The summed E-state index contributed by atoms with van der Waals surface area (Å²) in [7, 11) is 2.52. The van der Waals surface area contributed by atoms with Crippen molar-refractivity contribution >= 4 is 23.6 Å². The van der Waals surface area contributed by atoms with Crippen LogP contribution in [0, 0.1) is 0 Å². The van der Waals surface area contributed by atoms with Crippen molar-refractivity contribution in [2.24, 2.45) is 0 Å². The number of phenolic OH excluding ortho intramolecular Hbond substituents is 1. The second-order valence-corrected chi connectivity index (χ2v) is 5.69. The van der Waals surface area contributed by atoms with E-state index in [4.69, 9.17) is 10.5 Å². The summed E-state index contributed by atoms with van der Waals surface area (Å²) in [4.78, 5) is 47.8. The van der Waals surface area contributed by atoms with E-state index >= 15 is 0 Å². The predicted molar refractivity (Wildman–Crippen MR) is 92.2 cm³/mol. The van der Waals surface area contributed by atoms with Crippen molar-refractivity contribution in [1.82, 2.24) is 9.88 Å². The van der Waals surface area contributed by atoms with Gasteiger partial charge in [-0.15, -0.1) is 0 Å². The number of nitrogens with zero attached hydrogens (tertiary/aromatic N) is 1. The number of phenols is 1. The quantitative estimate of drug-likeness (QED) is 0.490. The van der Waals surface area contributed by atoms with Gasteiger partial charge in [-0.1, -0.05) is 0 Å². The van der Waals surface area contributed by atoms with Gasteiger partial charge in [0.2, 0.25) is 0 Å². The number of nitrogens with one attached hydrogen (secondary N) is 1. The number of aromatic hydroxyl groups is 1. The number of hydrogen-bond donors (Lipinski definition) is 3. The lowest BCUT2D eigenvalue weighted by atomic mass is 10.1. The second-order valence-electron chi connectivity index (χ2n) is 5.69. The van der Waals surface area contributed by atoms with Crippen molar-refractivity contribution < 1.29 is 29.0 Å². The molecule has 1 aliphatic rings. The molecule has 3 rings (SSSR count). The average Bonchev–Trinajstić information content (AvgIpc) is 2.90. The predicted octanol–water partition coefficient (Wildman–Crippen LogP) is -0.267. The number of ether oxygens (including phenoxy) is 2. The van der Waals surface area contributed by atoms with Gasteiger partial charge in [0.05, 0.1) is 37.5 Å². The number of esters is 1. The molecule has 2 heterocycles. The number of fused-ring (bicyclic) bond motifs is 1. The summed E-state index contributed by atoms with van der Waals surface area (Å²) in [6, 6.07) is 3.69. The molecule has 1 aromatic heterocycles. The van der Waals surface area contributed by atoms with E-state index in [1.165, 1.54) is 26.4 Å². The number of imide groups is 1. The van der Waals surface area contributed by atoms with Crippen molar-refractivity contribution in [3.8, 4) is 17.2 Å². The Morgan fingerprint density at radius 1 is 1.19 bits per heavy atom. The lowest BCUT2D eigenvalue weighted by Crippen LogP contribution is -2.24. The zero-order chi connectivity index (χ0) is 19.9. The maximum absolute atomic E-state index is 12.5. The summed E-state index contributed by atoms with van der Waals surface area (Å²) >= 11 is 0. The highest BCUT2D eigenvalue weighted by Gasteiger charge is 2.32. The molecule has 0 aliphatic carbocycles. The van der Waals surface area contributed by atoms with E-state index in [0.29, 0.717) is 5.56 Å². The minimum atomic E-state index is -0.751. The average molecular weight is 373 g/mol. The van der Waals surface area contributed by atoms with Crippen LogP contribution in [-0.2, 0) is 16.0 Å². The minimum absolute atomic E-state index is 0.0151. The topological polar surface area (TPSA) is 150 Å². The molecule has 4 N–H and O–H groups in total. The molecule has 0 spiro atoms. The fourth-order valence-corrected chi connectivity index (χ4v) is 2.84. The van der Waals surface area contributed by atoms with Crippen LogP contribution in [0.15, 0.2) is 23.0 Å². The SMILES string of the molecule is COC(=O)Cc1cc(OC)c(O)c(-n2c(N)c3c(cc2=O)C(=O)NC3=O)c1. The first kappa shape index (κ1) is 18.0. The van der Waals surface area contributed by atoms with Gasteiger partial charge in [-0.25, -0.2) is 0 Å². The van der Waals surface area contributed by atoms with E-state index in [0.717, 1.165) is 10.6 Å². The Balaban J connectivity index is 2.28. The van der Waals surface area contributed by atoms with Crippen molar-refractivity contribution in [3.63, 3.8) is 0 Å². The summed E-state index contributed by atoms with van der Waals surface area (Å²) < 4.78 is 10.6. The smallest absolute Gasteiger partial charge is 0.309 e. The highest BCUT2D eigenvalue weighted by Crippen LogP contribution is 2.36. The molecule has 0 unspecified atom stereocenters. The molecule has 0 saturated heterocycles. The van der Waals surface area contributed by atoms with Crippen LogP contribution in [0.1, 0.15) is 26.3 Å². The third-order valence-electron chi connectivity index (χ3n) is 4.10. The number of hydrogen-bond acceptors (Lipinski definition) is 8. The van der Waals surface area contributed by atoms with E-state index in [2.05, 4.69) is 10.1 Å². The fraction of sp³-hybridized carbons (Fsp3) is 0.176. The second kappa shape index (κ2) is 6.48. The van der Waals surface area contributed by atoms with E-state index in [1.54, 1.807) is 0 Å². The van der Waals surface area contributed by atoms with Crippen LogP contribution < -0.4 is 21.3 Å². The molecule has 1 aromatic carbocycles. The monoisotopic (exact) mass is 373 g/mol. The van der Waals surface area contributed by atoms with Gasteiger partial charge >= 0.3 is 5.97 Å². The van der Waals surface area contributed by atoms with Crippen molar-refractivity contribution in [2.45, 2.75) is 6.42 Å². The molecule has 27 heavy (non-hydrogen) atoms. The first-order chi connectivity index (χ1) is 12.8. The fourth-order valence-electron chi connectivity index (χ4n) is 2.84. The van der Waals surface area contributed by atoms with Gasteiger partial charge in [-0.2, -0.15) is 0 Å². The molecule has 10 nitrogen and oxygen atoms in total. The first-order valence-corrected chi connectivity index (χ1v) is 7.66. The number of rotatable bonds is 4. The molecule has 0 bridgehead atoms. The Bertz CT molecular complexity index is 1060. The number of carbonyl (C=O) groups is 3. The molecule has 140 valence electrons.